The number of aryl methyl sites for hydroxylation is 3. The molecule has 0 aliphatic carbocycles. The average molecular weight is 361 g/mol. The maximum Gasteiger partial charge on any atom is 0.286 e. The quantitative estimate of drug-likeness (QED) is 0.528. The van der Waals surface area contributed by atoms with Crippen LogP contribution in [0.5, 0.6) is 0 Å². The van der Waals surface area contributed by atoms with Crippen molar-refractivity contribution in [2.24, 2.45) is 0 Å². The minimum Gasteiger partial charge on any atom is -0.421 e. The van der Waals surface area contributed by atoms with Crippen LogP contribution in [0, 0.1) is 0 Å². The molecule has 0 bridgehead atoms. The highest BCUT2D eigenvalue weighted by Gasteiger charge is 2.42. The lowest BCUT2D eigenvalue weighted by molar-refractivity contribution is 0.581. The van der Waals surface area contributed by atoms with Crippen LogP contribution >= 0.6 is 0 Å². The van der Waals surface area contributed by atoms with E-state index in [4.69, 9.17) is 0 Å². The van der Waals surface area contributed by atoms with E-state index in [9.17, 15) is 4.80 Å². The summed E-state index contributed by atoms with van der Waals surface area (Å²) in [5.74, 6) is 0. The van der Waals surface area contributed by atoms with Crippen LogP contribution in [0.2, 0.25) is 0 Å². The molecule has 26 heavy (non-hydrogen) atoms. The predicted molar refractivity (Wildman–Crippen MR) is 114 cm³/mol. The van der Waals surface area contributed by atoms with Crippen molar-refractivity contribution >= 4 is 23.9 Å². The molecule has 0 unspecified atom stereocenters. The van der Waals surface area contributed by atoms with Crippen LogP contribution in [0.15, 0.2) is 72.8 Å². The Hall–Kier alpha value is -2.16. The van der Waals surface area contributed by atoms with Crippen molar-refractivity contribution in [1.29, 1.82) is 0 Å². The molecular weight excluding hydrogens is 332 g/mol. The molecule has 2 heteroatoms. The van der Waals surface area contributed by atoms with Gasteiger partial charge in [0.25, 0.3) is 8.32 Å². The van der Waals surface area contributed by atoms with Gasteiger partial charge in [-0.15, -0.1) is 0 Å². The first kappa shape index (κ1) is 18.6. The van der Waals surface area contributed by atoms with E-state index in [0.717, 1.165) is 34.8 Å². The van der Waals surface area contributed by atoms with Crippen molar-refractivity contribution in [1.82, 2.24) is 0 Å². The van der Waals surface area contributed by atoms with Crippen LogP contribution in [-0.2, 0) is 19.3 Å². The van der Waals surface area contributed by atoms with Crippen LogP contribution in [-0.4, -0.2) is 13.1 Å². The summed E-state index contributed by atoms with van der Waals surface area (Å²) in [6.45, 7) is 6.52. The SMILES string of the molecule is CCc1ccccc1[Si](O)(c1ccccc1CC)c1ccccc1CC. The lowest BCUT2D eigenvalue weighted by Crippen LogP contribution is -2.70. The van der Waals surface area contributed by atoms with Crippen LogP contribution in [0.4, 0.5) is 0 Å². The molecule has 0 aliphatic heterocycles. The number of benzene rings is 3. The molecule has 3 aromatic rings. The van der Waals surface area contributed by atoms with Crippen LogP contribution < -0.4 is 15.6 Å². The maximum atomic E-state index is 12.5. The van der Waals surface area contributed by atoms with E-state index in [2.05, 4.69) is 93.6 Å². The lowest BCUT2D eigenvalue weighted by Gasteiger charge is -2.32. The molecule has 0 radical (unpaired) electrons. The van der Waals surface area contributed by atoms with Crippen LogP contribution in [0.3, 0.4) is 0 Å². The van der Waals surface area contributed by atoms with Gasteiger partial charge in [-0.1, -0.05) is 93.6 Å². The summed E-state index contributed by atoms with van der Waals surface area (Å²) < 4.78 is 0. The molecule has 0 aromatic heterocycles. The van der Waals surface area contributed by atoms with Crippen molar-refractivity contribution in [3.8, 4) is 0 Å². The molecule has 0 amide bonds. The molecule has 0 fully saturated rings. The van der Waals surface area contributed by atoms with E-state index in [1.165, 1.54) is 16.7 Å². The van der Waals surface area contributed by atoms with E-state index in [0.29, 0.717) is 0 Å². The van der Waals surface area contributed by atoms with E-state index in [1.807, 2.05) is 0 Å². The molecule has 3 rings (SSSR count). The summed E-state index contributed by atoms with van der Waals surface area (Å²) in [6, 6.07) is 25.3. The molecule has 0 saturated heterocycles. The van der Waals surface area contributed by atoms with Gasteiger partial charge in [0.1, 0.15) is 0 Å². The number of rotatable bonds is 6. The second-order valence-corrected chi connectivity index (χ2v) is 9.78. The van der Waals surface area contributed by atoms with Crippen molar-refractivity contribution in [3.63, 3.8) is 0 Å². The average Bonchev–Trinajstić information content (AvgIpc) is 2.73. The summed E-state index contributed by atoms with van der Waals surface area (Å²) in [5, 5.41) is 3.39. The van der Waals surface area contributed by atoms with Gasteiger partial charge in [0.05, 0.1) is 0 Å². The van der Waals surface area contributed by atoms with Gasteiger partial charge in [0, 0.05) is 0 Å². The van der Waals surface area contributed by atoms with Crippen molar-refractivity contribution in [3.05, 3.63) is 89.5 Å². The molecular formula is C24H28OSi. The molecule has 0 heterocycles. The Bertz CT molecular complexity index is 769. The monoisotopic (exact) mass is 360 g/mol. The summed E-state index contributed by atoms with van der Waals surface area (Å²) >= 11 is 0. The second kappa shape index (κ2) is 8.03. The topological polar surface area (TPSA) is 20.2 Å². The van der Waals surface area contributed by atoms with Gasteiger partial charge < -0.3 is 4.80 Å². The normalized spacial score (nSPS) is 11.5. The van der Waals surface area contributed by atoms with Crippen molar-refractivity contribution in [2.45, 2.75) is 40.0 Å². The van der Waals surface area contributed by atoms with Crippen molar-refractivity contribution < 1.29 is 4.80 Å². The molecule has 0 atom stereocenters. The Balaban J connectivity index is 2.40. The minimum absolute atomic E-state index is 0.925. The minimum atomic E-state index is -3.07. The molecule has 134 valence electrons. The van der Waals surface area contributed by atoms with E-state index in [1.54, 1.807) is 0 Å². The summed E-state index contributed by atoms with van der Waals surface area (Å²) in [6.07, 6.45) is 2.77. The third-order valence-electron chi connectivity index (χ3n) is 5.36. The van der Waals surface area contributed by atoms with E-state index in [-0.39, 0.29) is 0 Å². The molecule has 1 nitrogen and oxygen atoms in total. The summed E-state index contributed by atoms with van der Waals surface area (Å²) in [5.41, 5.74) is 3.75. The fourth-order valence-electron chi connectivity index (χ4n) is 3.98. The standard InChI is InChI=1S/C24H28OSi/c1-4-19-13-7-10-16-22(19)26(25,23-17-11-8-14-20(23)5-2)24-18-12-9-15-21(24)6-3/h7-18,25H,4-6H2,1-3H3. The van der Waals surface area contributed by atoms with Crippen LogP contribution in [0.25, 0.3) is 0 Å². The smallest absolute Gasteiger partial charge is 0.286 e. The summed E-state index contributed by atoms with van der Waals surface area (Å²) in [7, 11) is -3.07. The van der Waals surface area contributed by atoms with Crippen molar-refractivity contribution in [2.75, 3.05) is 0 Å². The Morgan fingerprint density at radius 1 is 0.538 bits per heavy atom. The van der Waals surface area contributed by atoms with Gasteiger partial charge >= 0.3 is 0 Å². The fourth-order valence-corrected chi connectivity index (χ4v) is 8.04. The highest BCUT2D eigenvalue weighted by molar-refractivity contribution is 7.06. The maximum absolute atomic E-state index is 12.5. The zero-order valence-electron chi connectivity index (χ0n) is 16.0. The zero-order valence-corrected chi connectivity index (χ0v) is 17.0. The number of hydrogen-bond acceptors (Lipinski definition) is 1. The predicted octanol–water partition coefficient (Wildman–Crippen LogP) is 3.33. The van der Waals surface area contributed by atoms with Gasteiger partial charge in [-0.3, -0.25) is 0 Å². The van der Waals surface area contributed by atoms with Gasteiger partial charge in [-0.05, 0) is 51.5 Å². The van der Waals surface area contributed by atoms with E-state index >= 15 is 0 Å². The molecule has 0 saturated carbocycles. The second-order valence-electron chi connectivity index (χ2n) is 6.74. The molecule has 3 aromatic carbocycles. The Morgan fingerprint density at radius 3 is 1.08 bits per heavy atom. The van der Waals surface area contributed by atoms with Gasteiger partial charge in [0.15, 0.2) is 0 Å². The zero-order chi connectivity index (χ0) is 18.6. The third-order valence-corrected chi connectivity index (χ3v) is 9.17. The highest BCUT2D eigenvalue weighted by atomic mass is 28.4. The summed E-state index contributed by atoms with van der Waals surface area (Å²) in [4.78, 5) is 12.5. The highest BCUT2D eigenvalue weighted by Crippen LogP contribution is 2.14. The first-order chi connectivity index (χ1) is 12.7. The first-order valence-corrected chi connectivity index (χ1v) is 11.6. The molecule has 0 spiro atoms. The Labute approximate surface area is 158 Å². The largest absolute Gasteiger partial charge is 0.421 e. The Kier molecular flexibility index (Phi) is 5.75. The van der Waals surface area contributed by atoms with Gasteiger partial charge in [0.2, 0.25) is 0 Å². The fraction of sp³-hybridized carbons (Fsp3) is 0.250. The molecule has 0 aliphatic rings. The van der Waals surface area contributed by atoms with E-state index < -0.39 is 8.32 Å². The lowest BCUT2D eigenvalue weighted by atomic mass is 10.1. The molecule has 1 N–H and O–H groups in total. The van der Waals surface area contributed by atoms with Crippen LogP contribution in [0.1, 0.15) is 37.5 Å². The van der Waals surface area contributed by atoms with Gasteiger partial charge in [-0.25, -0.2) is 0 Å². The first-order valence-electron chi connectivity index (χ1n) is 9.64. The van der Waals surface area contributed by atoms with Gasteiger partial charge in [-0.2, -0.15) is 0 Å². The third kappa shape index (κ3) is 3.15. The Morgan fingerprint density at radius 2 is 0.808 bits per heavy atom. The number of hydrogen-bond donors (Lipinski definition) is 1.